The van der Waals surface area contributed by atoms with Gasteiger partial charge in [-0.1, -0.05) is 37.7 Å². The lowest BCUT2D eigenvalue weighted by molar-refractivity contribution is -0.116. The molecular weight excluding hydrogens is 354 g/mol. The fourth-order valence-corrected chi connectivity index (χ4v) is 2.71. The van der Waals surface area contributed by atoms with Gasteiger partial charge < -0.3 is 16.4 Å². The van der Waals surface area contributed by atoms with E-state index < -0.39 is 5.56 Å². The third-order valence-corrected chi connectivity index (χ3v) is 4.37. The molecular formula is C17H21N5O3S. The first-order chi connectivity index (χ1) is 12.4. The van der Waals surface area contributed by atoms with Crippen molar-refractivity contribution < 1.29 is 9.59 Å². The molecule has 2 amide bonds. The van der Waals surface area contributed by atoms with E-state index in [-0.39, 0.29) is 40.6 Å². The molecule has 2 aromatic rings. The molecule has 1 aromatic carbocycles. The average molecular weight is 375 g/mol. The molecule has 0 radical (unpaired) electrons. The van der Waals surface area contributed by atoms with Crippen molar-refractivity contribution in [3.05, 3.63) is 40.2 Å². The number of nitrogens with one attached hydrogen (secondary N) is 3. The predicted molar refractivity (Wildman–Crippen MR) is 103 cm³/mol. The first-order valence-corrected chi connectivity index (χ1v) is 9.12. The van der Waals surface area contributed by atoms with Gasteiger partial charge in [0.15, 0.2) is 11.0 Å². The lowest BCUT2D eigenvalue weighted by Crippen LogP contribution is -2.22. The van der Waals surface area contributed by atoms with Gasteiger partial charge in [-0.15, -0.1) is 0 Å². The number of carbonyl (C=O) groups excluding carboxylic acids is 2. The van der Waals surface area contributed by atoms with E-state index in [1.165, 1.54) is 5.56 Å². The summed E-state index contributed by atoms with van der Waals surface area (Å²) in [6.45, 7) is 3.72. The van der Waals surface area contributed by atoms with Crippen molar-refractivity contribution in [3.63, 3.8) is 0 Å². The van der Waals surface area contributed by atoms with Gasteiger partial charge in [0.05, 0.1) is 5.75 Å². The van der Waals surface area contributed by atoms with Crippen molar-refractivity contribution in [1.82, 2.24) is 9.97 Å². The van der Waals surface area contributed by atoms with Crippen LogP contribution in [0.4, 0.5) is 17.2 Å². The Labute approximate surface area is 155 Å². The van der Waals surface area contributed by atoms with Crippen molar-refractivity contribution in [2.45, 2.75) is 31.8 Å². The van der Waals surface area contributed by atoms with Crippen LogP contribution in [-0.4, -0.2) is 27.5 Å². The summed E-state index contributed by atoms with van der Waals surface area (Å²) in [4.78, 5) is 41.9. The third kappa shape index (κ3) is 5.35. The normalized spacial score (nSPS) is 10.4. The summed E-state index contributed by atoms with van der Waals surface area (Å²) in [5, 5.41) is 5.38. The standard InChI is InChI=1S/C17H21N5O3S/c1-3-10-5-7-11(8-6-10)19-13(24)9-26-17-21-15(18)14(16(25)22-17)20-12(23)4-2/h5-8H,3-4,9H2,1-2H3,(H,19,24)(H,20,23)(H3,18,21,22,25). The molecule has 0 bridgehead atoms. The van der Waals surface area contributed by atoms with E-state index in [9.17, 15) is 14.4 Å². The van der Waals surface area contributed by atoms with Crippen LogP contribution in [0.5, 0.6) is 0 Å². The van der Waals surface area contributed by atoms with Crippen LogP contribution in [0.3, 0.4) is 0 Å². The summed E-state index contributed by atoms with van der Waals surface area (Å²) < 4.78 is 0. The molecule has 1 heterocycles. The number of aromatic amines is 1. The van der Waals surface area contributed by atoms with Gasteiger partial charge in [-0.2, -0.15) is 0 Å². The van der Waals surface area contributed by atoms with Gasteiger partial charge >= 0.3 is 0 Å². The van der Waals surface area contributed by atoms with E-state index in [0.717, 1.165) is 18.2 Å². The zero-order valence-corrected chi connectivity index (χ0v) is 15.4. The highest BCUT2D eigenvalue weighted by atomic mass is 32.2. The molecule has 0 aliphatic heterocycles. The highest BCUT2D eigenvalue weighted by Crippen LogP contribution is 2.17. The van der Waals surface area contributed by atoms with Crippen LogP contribution < -0.4 is 21.9 Å². The number of nitrogens with zero attached hydrogens (tertiary/aromatic N) is 1. The van der Waals surface area contributed by atoms with Gasteiger partial charge in [0.2, 0.25) is 11.8 Å². The van der Waals surface area contributed by atoms with Crippen molar-refractivity contribution in [3.8, 4) is 0 Å². The minimum absolute atomic E-state index is 0.0541. The monoisotopic (exact) mass is 375 g/mol. The summed E-state index contributed by atoms with van der Waals surface area (Å²) in [6, 6.07) is 7.58. The average Bonchev–Trinajstić information content (AvgIpc) is 2.63. The van der Waals surface area contributed by atoms with Gasteiger partial charge in [0.1, 0.15) is 5.69 Å². The number of benzene rings is 1. The predicted octanol–water partition coefficient (Wildman–Crippen LogP) is 1.99. The van der Waals surface area contributed by atoms with Crippen molar-refractivity contribution in [1.29, 1.82) is 0 Å². The lowest BCUT2D eigenvalue weighted by Gasteiger charge is -2.08. The molecule has 0 unspecified atom stereocenters. The van der Waals surface area contributed by atoms with Crippen LogP contribution in [0.2, 0.25) is 0 Å². The number of H-pyrrole nitrogens is 1. The van der Waals surface area contributed by atoms with E-state index in [1.54, 1.807) is 6.92 Å². The number of aromatic nitrogens is 2. The number of carbonyl (C=O) groups is 2. The molecule has 0 fully saturated rings. The molecule has 8 nitrogen and oxygen atoms in total. The van der Waals surface area contributed by atoms with Gasteiger partial charge in [-0.3, -0.25) is 19.4 Å². The van der Waals surface area contributed by atoms with Crippen LogP contribution >= 0.6 is 11.8 Å². The second-order valence-corrected chi connectivity index (χ2v) is 6.38. The summed E-state index contributed by atoms with van der Waals surface area (Å²) in [7, 11) is 0. The van der Waals surface area contributed by atoms with E-state index in [0.29, 0.717) is 5.69 Å². The zero-order valence-electron chi connectivity index (χ0n) is 14.6. The maximum Gasteiger partial charge on any atom is 0.277 e. The van der Waals surface area contributed by atoms with Crippen LogP contribution in [0.1, 0.15) is 25.8 Å². The van der Waals surface area contributed by atoms with Crippen molar-refractivity contribution in [2.75, 3.05) is 22.1 Å². The second-order valence-electron chi connectivity index (χ2n) is 5.42. The van der Waals surface area contributed by atoms with E-state index in [1.807, 2.05) is 24.3 Å². The van der Waals surface area contributed by atoms with Gasteiger partial charge in [0.25, 0.3) is 5.56 Å². The van der Waals surface area contributed by atoms with Gasteiger partial charge in [0, 0.05) is 12.1 Å². The van der Waals surface area contributed by atoms with E-state index >= 15 is 0 Å². The Morgan fingerprint density at radius 2 is 1.85 bits per heavy atom. The molecule has 1 aromatic heterocycles. The number of amides is 2. The molecule has 0 aliphatic carbocycles. The number of hydrogen-bond acceptors (Lipinski definition) is 6. The summed E-state index contributed by atoms with van der Waals surface area (Å²) >= 11 is 1.05. The number of rotatable bonds is 7. The summed E-state index contributed by atoms with van der Waals surface area (Å²) in [5.41, 5.74) is 6.97. The number of thioether (sulfide) groups is 1. The van der Waals surface area contributed by atoms with Crippen molar-refractivity contribution >= 4 is 40.8 Å². The quantitative estimate of drug-likeness (QED) is 0.432. The highest BCUT2D eigenvalue weighted by Gasteiger charge is 2.13. The molecule has 5 N–H and O–H groups in total. The Hall–Kier alpha value is -2.81. The maximum atomic E-state index is 12.0. The molecule has 2 rings (SSSR count). The molecule has 0 aliphatic rings. The molecule has 26 heavy (non-hydrogen) atoms. The Kier molecular flexibility index (Phi) is 6.79. The minimum atomic E-state index is -0.558. The van der Waals surface area contributed by atoms with Crippen LogP contribution in [0.25, 0.3) is 0 Å². The first kappa shape index (κ1) is 19.5. The number of aryl methyl sites for hydroxylation is 1. The molecule has 0 saturated carbocycles. The molecule has 0 saturated heterocycles. The topological polar surface area (TPSA) is 130 Å². The number of anilines is 3. The molecule has 0 spiro atoms. The Morgan fingerprint density at radius 1 is 1.15 bits per heavy atom. The molecule has 138 valence electrons. The third-order valence-electron chi connectivity index (χ3n) is 3.50. The zero-order chi connectivity index (χ0) is 19.1. The highest BCUT2D eigenvalue weighted by molar-refractivity contribution is 7.99. The van der Waals surface area contributed by atoms with Crippen molar-refractivity contribution in [2.24, 2.45) is 0 Å². The SMILES string of the molecule is CCC(=O)Nc1c(N)nc(SCC(=O)Nc2ccc(CC)cc2)[nH]c1=O. The number of hydrogen-bond donors (Lipinski definition) is 4. The minimum Gasteiger partial charge on any atom is -0.382 e. The van der Waals surface area contributed by atoms with Gasteiger partial charge in [-0.05, 0) is 24.1 Å². The Morgan fingerprint density at radius 3 is 2.42 bits per heavy atom. The number of nitrogen functional groups attached to an aromatic ring is 1. The number of nitrogens with two attached hydrogens (primary N) is 1. The fourth-order valence-electron chi connectivity index (χ4n) is 2.04. The summed E-state index contributed by atoms with van der Waals surface area (Å²) in [5.74, 6) is -0.603. The van der Waals surface area contributed by atoms with Crippen LogP contribution in [0.15, 0.2) is 34.2 Å². The Bertz CT molecular complexity index is 848. The first-order valence-electron chi connectivity index (χ1n) is 8.14. The van der Waals surface area contributed by atoms with E-state index in [4.69, 9.17) is 5.73 Å². The molecule has 0 atom stereocenters. The fraction of sp³-hybridized carbons (Fsp3) is 0.294. The van der Waals surface area contributed by atoms with Gasteiger partial charge in [-0.25, -0.2) is 4.98 Å². The lowest BCUT2D eigenvalue weighted by atomic mass is 10.1. The summed E-state index contributed by atoms with van der Waals surface area (Å²) in [6.07, 6.45) is 1.15. The largest absolute Gasteiger partial charge is 0.382 e. The smallest absolute Gasteiger partial charge is 0.277 e. The Balaban J connectivity index is 1.97. The van der Waals surface area contributed by atoms with E-state index in [2.05, 4.69) is 27.5 Å². The maximum absolute atomic E-state index is 12.0. The second kappa shape index (κ2) is 9.04. The molecule has 9 heteroatoms. The van der Waals surface area contributed by atoms with Crippen LogP contribution in [-0.2, 0) is 16.0 Å². The van der Waals surface area contributed by atoms with Crippen LogP contribution in [0, 0.1) is 0 Å².